The second-order valence-electron chi connectivity index (χ2n) is 21.2. The summed E-state index contributed by atoms with van der Waals surface area (Å²) in [7, 11) is 0. The number of nitriles is 1. The Morgan fingerprint density at radius 2 is 1.69 bits per heavy atom. The minimum Gasteiger partial charge on any atom is -0.481 e. The number of fused-ring (bicyclic) bond motifs is 8. The van der Waals surface area contributed by atoms with Crippen LogP contribution in [0, 0.1) is 61.6 Å². The molecule has 2 heterocycles. The van der Waals surface area contributed by atoms with Crippen molar-refractivity contribution in [3.8, 4) is 6.07 Å². The number of rotatable bonds is 14. The van der Waals surface area contributed by atoms with Crippen molar-refractivity contribution < 1.29 is 33.8 Å². The molecule has 5 fully saturated rings. The SMILES string of the molecule is CC1(C)CC[C@]2(C(=O)O)CC[C@]3(COC(=O)CCCCCNC(=O)CCCC[C@@H]4SC[C@@H]5NC(=O)N[C@@H]54)C(=CCC4[C@@]5(C)C=C(C#N)C(=O)C(C)(C)[C@@H]5CC[C@]43C)[C@@H]2C1. The van der Waals surface area contributed by atoms with E-state index >= 15 is 0 Å². The molecule has 11 nitrogen and oxygen atoms in total. The third-order valence-electron chi connectivity index (χ3n) is 17.1. The second kappa shape index (κ2) is 16.2. The molecule has 2 saturated heterocycles. The van der Waals surface area contributed by atoms with Crippen LogP contribution in [-0.4, -0.2) is 71.0 Å². The lowest BCUT2D eigenvalue weighted by atomic mass is 9.34. The predicted octanol–water partition coefficient (Wildman–Crippen LogP) is 8.04. The number of aliphatic carboxylic acids is 1. The predicted molar refractivity (Wildman–Crippen MR) is 227 cm³/mol. The molecule has 0 bridgehead atoms. The Morgan fingerprint density at radius 3 is 2.44 bits per heavy atom. The molecule has 1 unspecified atom stereocenters. The number of esters is 1. The van der Waals surface area contributed by atoms with Crippen LogP contribution >= 0.6 is 11.8 Å². The number of ketones is 1. The Hall–Kier alpha value is -3.33. The standard InChI is InChI=1S/C47H68N4O7S/c1-42(2)19-20-46(40(55)56)21-22-47(28-58-37(53)14-8-7-11-23-49-36(52)13-10-9-12-33-38-32(27-59-33)50-41(57)51-38)30(31(46)25-42)15-16-35-44(5)24-29(26-48)39(54)43(3,4)34(44)17-18-45(35,47)6/h15,24,31-35,38H,7-14,16-23,25,27-28H2,1-6H3,(H,49,52)(H,55,56)(H2,50,51,57)/t31-,32-,33-,34-,35?,38-,44-,45+,46-,47-/m0/s1. The number of carbonyl (C=O) groups excluding carboxylic acids is 4. The summed E-state index contributed by atoms with van der Waals surface area (Å²) in [6.07, 6.45) is 15.8. The molecule has 0 radical (unpaired) electrons. The van der Waals surface area contributed by atoms with E-state index in [2.05, 4.69) is 55.8 Å². The molecule has 0 aromatic rings. The van der Waals surface area contributed by atoms with E-state index in [1.165, 1.54) is 5.57 Å². The first-order valence-corrected chi connectivity index (χ1v) is 23.6. The summed E-state index contributed by atoms with van der Waals surface area (Å²) in [4.78, 5) is 64.6. The van der Waals surface area contributed by atoms with Crippen molar-refractivity contribution >= 4 is 41.4 Å². The second-order valence-corrected chi connectivity index (χ2v) is 22.5. The van der Waals surface area contributed by atoms with Gasteiger partial charge in [-0.2, -0.15) is 17.0 Å². The number of carbonyl (C=O) groups is 5. The number of ether oxygens (including phenoxy) is 1. The minimum atomic E-state index is -0.839. The number of hydrogen-bond acceptors (Lipinski definition) is 8. The summed E-state index contributed by atoms with van der Waals surface area (Å²) < 4.78 is 6.37. The van der Waals surface area contributed by atoms with Crippen LogP contribution in [0.2, 0.25) is 0 Å². The van der Waals surface area contributed by atoms with Gasteiger partial charge in [0.2, 0.25) is 5.91 Å². The van der Waals surface area contributed by atoms with E-state index in [-0.39, 0.29) is 83.0 Å². The maximum absolute atomic E-state index is 13.6. The lowest BCUT2D eigenvalue weighted by molar-refractivity contribution is -0.190. The van der Waals surface area contributed by atoms with E-state index in [0.29, 0.717) is 43.9 Å². The Bertz CT molecular complexity index is 1830. The molecule has 3 amide bonds. The Labute approximate surface area is 355 Å². The monoisotopic (exact) mass is 832 g/mol. The van der Waals surface area contributed by atoms with Gasteiger partial charge in [0.15, 0.2) is 5.78 Å². The van der Waals surface area contributed by atoms with Crippen molar-refractivity contribution in [3.05, 3.63) is 23.3 Å². The number of Topliss-reactive ketones (excluding diaryl/α,β-unsaturated/α-hetero) is 1. The summed E-state index contributed by atoms with van der Waals surface area (Å²) in [5.74, 6) is -0.0891. The highest BCUT2D eigenvalue weighted by Crippen LogP contribution is 2.75. The van der Waals surface area contributed by atoms with Gasteiger partial charge in [-0.1, -0.05) is 72.1 Å². The van der Waals surface area contributed by atoms with Gasteiger partial charge in [0, 0.05) is 41.2 Å². The largest absolute Gasteiger partial charge is 0.481 e. The topological polar surface area (TPSA) is 175 Å². The first kappa shape index (κ1) is 43.7. The number of urea groups is 1. The first-order chi connectivity index (χ1) is 27.8. The number of nitrogens with zero attached hydrogens (tertiary/aromatic N) is 1. The Morgan fingerprint density at radius 1 is 0.949 bits per heavy atom. The molecule has 12 heteroatoms. The van der Waals surface area contributed by atoms with Gasteiger partial charge >= 0.3 is 18.0 Å². The molecule has 7 aliphatic rings. The van der Waals surface area contributed by atoms with Gasteiger partial charge in [0.25, 0.3) is 0 Å². The zero-order valence-electron chi connectivity index (χ0n) is 36.3. The fourth-order valence-corrected chi connectivity index (χ4v) is 15.3. The smallest absolute Gasteiger partial charge is 0.315 e. The number of thioether (sulfide) groups is 1. The first-order valence-electron chi connectivity index (χ1n) is 22.6. The van der Waals surface area contributed by atoms with E-state index in [9.17, 15) is 34.3 Å². The molecule has 3 saturated carbocycles. The third kappa shape index (κ3) is 7.56. The molecule has 5 aliphatic carbocycles. The fourth-order valence-electron chi connectivity index (χ4n) is 13.8. The number of amides is 3. The van der Waals surface area contributed by atoms with Crippen molar-refractivity contribution in [1.82, 2.24) is 16.0 Å². The van der Waals surface area contributed by atoms with Gasteiger partial charge in [0.1, 0.15) is 12.7 Å². The Balaban J connectivity index is 0.980. The maximum atomic E-state index is 13.6. The number of carboxylic acid groups (broad SMARTS) is 1. The highest BCUT2D eigenvalue weighted by Gasteiger charge is 2.71. The zero-order chi connectivity index (χ0) is 42.6. The number of nitrogens with one attached hydrogen (secondary N) is 3. The van der Waals surface area contributed by atoms with Crippen molar-refractivity contribution in [2.75, 3.05) is 18.9 Å². The summed E-state index contributed by atoms with van der Waals surface area (Å²) in [5.41, 5.74) is -1.49. The van der Waals surface area contributed by atoms with Crippen LogP contribution in [0.5, 0.6) is 0 Å². The average Bonchev–Trinajstić information content (AvgIpc) is 3.73. The molecular formula is C47H68N4O7S. The summed E-state index contributed by atoms with van der Waals surface area (Å²) in [6.45, 7) is 13.8. The number of unbranched alkanes of at least 4 members (excludes halogenated alkanes) is 3. The quantitative estimate of drug-likeness (QED) is 0.0585. The van der Waals surface area contributed by atoms with Gasteiger partial charge in [-0.15, -0.1) is 0 Å². The van der Waals surface area contributed by atoms with Gasteiger partial charge < -0.3 is 25.8 Å². The van der Waals surface area contributed by atoms with Crippen molar-refractivity contribution in [2.24, 2.45) is 50.2 Å². The lowest BCUT2D eigenvalue weighted by Gasteiger charge is -2.70. The van der Waals surface area contributed by atoms with E-state index in [0.717, 1.165) is 70.0 Å². The molecule has 0 aromatic heterocycles. The third-order valence-corrected chi connectivity index (χ3v) is 18.6. The number of hydrogen-bond donors (Lipinski definition) is 4. The van der Waals surface area contributed by atoms with Gasteiger partial charge in [0.05, 0.1) is 23.1 Å². The van der Waals surface area contributed by atoms with Crippen LogP contribution in [0.1, 0.15) is 144 Å². The van der Waals surface area contributed by atoms with Crippen molar-refractivity contribution in [1.29, 1.82) is 5.26 Å². The van der Waals surface area contributed by atoms with Crippen LogP contribution in [0.3, 0.4) is 0 Å². The van der Waals surface area contributed by atoms with E-state index in [1.807, 2.05) is 31.7 Å². The fraction of sp³-hybridized carbons (Fsp3) is 0.787. The lowest BCUT2D eigenvalue weighted by Crippen LogP contribution is -2.66. The highest BCUT2D eigenvalue weighted by atomic mass is 32.2. The van der Waals surface area contributed by atoms with Crippen LogP contribution in [0.4, 0.5) is 4.79 Å². The molecule has 4 N–H and O–H groups in total. The molecule has 10 atom stereocenters. The van der Waals surface area contributed by atoms with E-state index in [1.54, 1.807) is 0 Å². The van der Waals surface area contributed by atoms with E-state index < -0.39 is 27.6 Å². The molecule has 324 valence electrons. The van der Waals surface area contributed by atoms with Crippen molar-refractivity contribution in [2.45, 2.75) is 162 Å². The molecule has 0 spiro atoms. The Kier molecular flexibility index (Phi) is 12.0. The average molecular weight is 833 g/mol. The molecule has 7 rings (SSSR count). The normalized spacial score (nSPS) is 38.7. The number of carboxylic acids is 1. The summed E-state index contributed by atoms with van der Waals surface area (Å²) >= 11 is 1.89. The van der Waals surface area contributed by atoms with Gasteiger partial charge in [-0.05, 0) is 111 Å². The molecule has 0 aromatic carbocycles. The number of allylic oxidation sites excluding steroid dienone is 3. The van der Waals surface area contributed by atoms with Gasteiger partial charge in [-0.3, -0.25) is 19.2 Å². The van der Waals surface area contributed by atoms with Crippen LogP contribution in [0.25, 0.3) is 0 Å². The molecule has 2 aliphatic heterocycles. The maximum Gasteiger partial charge on any atom is 0.315 e. The van der Waals surface area contributed by atoms with Crippen molar-refractivity contribution in [3.63, 3.8) is 0 Å². The van der Waals surface area contributed by atoms with E-state index in [4.69, 9.17) is 4.74 Å². The minimum absolute atomic E-state index is 0.0175. The van der Waals surface area contributed by atoms with Crippen LogP contribution in [-0.2, 0) is 23.9 Å². The summed E-state index contributed by atoms with van der Waals surface area (Å²) in [5, 5.41) is 30.5. The van der Waals surface area contributed by atoms with Crippen LogP contribution in [0.15, 0.2) is 23.3 Å². The van der Waals surface area contributed by atoms with Crippen LogP contribution < -0.4 is 16.0 Å². The summed E-state index contributed by atoms with van der Waals surface area (Å²) in [6, 6.07) is 2.57. The molecular weight excluding hydrogens is 765 g/mol. The zero-order valence-corrected chi connectivity index (χ0v) is 37.1. The molecule has 59 heavy (non-hydrogen) atoms. The van der Waals surface area contributed by atoms with Gasteiger partial charge in [-0.25, -0.2) is 4.79 Å². The highest BCUT2D eigenvalue weighted by molar-refractivity contribution is 8.00.